The zero-order valence-corrected chi connectivity index (χ0v) is 16.9. The Balaban J connectivity index is 1.46. The van der Waals surface area contributed by atoms with Crippen molar-refractivity contribution in [2.45, 2.75) is 19.6 Å². The second kappa shape index (κ2) is 9.57. The molecule has 2 aromatic rings. The lowest BCUT2D eigenvalue weighted by atomic mass is 10.1. The Morgan fingerprint density at radius 3 is 2.71 bits per heavy atom. The smallest absolute Gasteiger partial charge is 0.319 e. The van der Waals surface area contributed by atoms with Crippen LogP contribution in [0.15, 0.2) is 48.5 Å². The van der Waals surface area contributed by atoms with Crippen LogP contribution in [0.4, 0.5) is 16.2 Å². The van der Waals surface area contributed by atoms with Gasteiger partial charge in [0.15, 0.2) is 0 Å². The fourth-order valence-corrected chi connectivity index (χ4v) is 3.33. The van der Waals surface area contributed by atoms with Crippen LogP contribution in [0.5, 0.6) is 0 Å². The normalized spacial score (nSPS) is 17.2. The van der Waals surface area contributed by atoms with E-state index in [0.29, 0.717) is 13.2 Å². The number of nitrogens with zero attached hydrogens (tertiary/aromatic N) is 2. The molecule has 2 aromatic carbocycles. The van der Waals surface area contributed by atoms with Crippen LogP contribution < -0.4 is 15.5 Å². The Bertz CT molecular complexity index is 779. The summed E-state index contributed by atoms with van der Waals surface area (Å²) in [5, 5.41) is 5.87. The monoisotopic (exact) mass is 382 g/mol. The molecule has 0 saturated carbocycles. The van der Waals surface area contributed by atoms with Crippen molar-refractivity contribution in [2.24, 2.45) is 0 Å². The Labute approximate surface area is 167 Å². The van der Waals surface area contributed by atoms with E-state index in [4.69, 9.17) is 4.74 Å². The zero-order chi connectivity index (χ0) is 19.9. The molecule has 0 aliphatic carbocycles. The van der Waals surface area contributed by atoms with Crippen molar-refractivity contribution in [1.29, 1.82) is 0 Å². The van der Waals surface area contributed by atoms with Gasteiger partial charge in [-0.3, -0.25) is 4.90 Å². The van der Waals surface area contributed by atoms with E-state index in [1.807, 2.05) is 44.1 Å². The molecular weight excluding hydrogens is 352 g/mol. The maximum absolute atomic E-state index is 12.3. The molecule has 28 heavy (non-hydrogen) atoms. The number of carbonyl (C=O) groups excluding carboxylic acids is 1. The third kappa shape index (κ3) is 5.71. The molecule has 2 N–H and O–H groups in total. The van der Waals surface area contributed by atoms with Crippen molar-refractivity contribution in [3.63, 3.8) is 0 Å². The third-order valence-electron chi connectivity index (χ3n) is 4.94. The van der Waals surface area contributed by atoms with Crippen LogP contribution in [-0.4, -0.2) is 57.4 Å². The van der Waals surface area contributed by atoms with Crippen molar-refractivity contribution in [3.8, 4) is 0 Å². The molecule has 1 fully saturated rings. The number of amides is 2. The molecule has 2 amide bonds. The summed E-state index contributed by atoms with van der Waals surface area (Å²) in [6.07, 6.45) is 0.000395. The zero-order valence-electron chi connectivity index (χ0n) is 16.9. The molecule has 1 atom stereocenters. The highest BCUT2D eigenvalue weighted by Gasteiger charge is 2.21. The van der Waals surface area contributed by atoms with E-state index in [1.54, 1.807) is 0 Å². The predicted molar refractivity (Wildman–Crippen MR) is 114 cm³/mol. The maximum Gasteiger partial charge on any atom is 0.319 e. The van der Waals surface area contributed by atoms with E-state index in [2.05, 4.69) is 45.9 Å². The Kier molecular flexibility index (Phi) is 6.90. The fraction of sp³-hybridized carbons (Fsp3) is 0.409. The lowest BCUT2D eigenvalue weighted by Gasteiger charge is -2.33. The molecule has 150 valence electrons. The van der Waals surface area contributed by atoms with E-state index in [0.717, 1.165) is 36.6 Å². The second-order valence-electron chi connectivity index (χ2n) is 7.44. The molecule has 0 radical (unpaired) electrons. The van der Waals surface area contributed by atoms with Crippen molar-refractivity contribution in [1.82, 2.24) is 10.2 Å². The van der Waals surface area contributed by atoms with Crippen molar-refractivity contribution < 1.29 is 9.53 Å². The predicted octanol–water partition coefficient (Wildman–Crippen LogP) is 3.08. The van der Waals surface area contributed by atoms with Gasteiger partial charge in [0.1, 0.15) is 0 Å². The highest BCUT2D eigenvalue weighted by molar-refractivity contribution is 5.90. The fourth-order valence-electron chi connectivity index (χ4n) is 3.33. The summed E-state index contributed by atoms with van der Waals surface area (Å²) in [7, 11) is 4.00. The quantitative estimate of drug-likeness (QED) is 0.806. The molecule has 6 nitrogen and oxygen atoms in total. The van der Waals surface area contributed by atoms with Crippen molar-refractivity contribution >= 4 is 17.4 Å². The summed E-state index contributed by atoms with van der Waals surface area (Å²) < 4.78 is 5.82. The van der Waals surface area contributed by atoms with E-state index in [1.165, 1.54) is 5.56 Å². The number of rotatable bonds is 6. The Morgan fingerprint density at radius 1 is 1.21 bits per heavy atom. The molecule has 0 spiro atoms. The number of benzene rings is 2. The summed E-state index contributed by atoms with van der Waals surface area (Å²) >= 11 is 0. The Hall–Kier alpha value is -2.57. The van der Waals surface area contributed by atoms with Crippen molar-refractivity contribution in [3.05, 3.63) is 59.7 Å². The van der Waals surface area contributed by atoms with Crippen LogP contribution in [0.3, 0.4) is 0 Å². The number of carbonyl (C=O) groups is 1. The van der Waals surface area contributed by atoms with Gasteiger partial charge in [-0.25, -0.2) is 4.79 Å². The molecule has 1 heterocycles. The highest BCUT2D eigenvalue weighted by atomic mass is 16.5. The van der Waals surface area contributed by atoms with E-state index in [9.17, 15) is 4.79 Å². The van der Waals surface area contributed by atoms with Crippen molar-refractivity contribution in [2.75, 3.05) is 50.6 Å². The van der Waals surface area contributed by atoms with Gasteiger partial charge in [0, 0.05) is 51.6 Å². The van der Waals surface area contributed by atoms with Crippen LogP contribution in [-0.2, 0) is 11.3 Å². The lowest BCUT2D eigenvalue weighted by molar-refractivity contribution is -0.0285. The number of nitrogens with one attached hydrogen (secondary N) is 2. The van der Waals surface area contributed by atoms with Crippen LogP contribution in [0.2, 0.25) is 0 Å². The minimum absolute atomic E-state index is 0.000395. The van der Waals surface area contributed by atoms with Gasteiger partial charge in [0.05, 0.1) is 12.7 Å². The standard InChI is InChI=1S/C22H30N4O2/c1-17-13-19(25(2)3)9-10-21(17)24-22(27)23-14-20-16-26(11-12-28-20)15-18-7-5-4-6-8-18/h4-10,13,20H,11-12,14-16H2,1-3H3,(H2,23,24,27). The summed E-state index contributed by atoms with van der Waals surface area (Å²) in [6, 6.07) is 16.2. The summed E-state index contributed by atoms with van der Waals surface area (Å²) in [5.41, 5.74) is 4.26. The third-order valence-corrected chi connectivity index (χ3v) is 4.94. The van der Waals surface area contributed by atoms with Gasteiger partial charge in [-0.05, 0) is 36.2 Å². The van der Waals surface area contributed by atoms with Crippen LogP contribution in [0, 0.1) is 6.92 Å². The molecule has 0 bridgehead atoms. The largest absolute Gasteiger partial charge is 0.378 e. The average Bonchev–Trinajstić information content (AvgIpc) is 2.69. The summed E-state index contributed by atoms with van der Waals surface area (Å²) in [5.74, 6) is 0. The first-order chi connectivity index (χ1) is 13.5. The van der Waals surface area contributed by atoms with Gasteiger partial charge < -0.3 is 20.3 Å². The SMILES string of the molecule is Cc1cc(N(C)C)ccc1NC(=O)NCC1CN(Cc2ccccc2)CCO1. The number of hydrogen-bond donors (Lipinski definition) is 2. The van der Waals surface area contributed by atoms with Gasteiger partial charge >= 0.3 is 6.03 Å². The minimum atomic E-state index is -0.204. The molecule has 0 aromatic heterocycles. The number of ether oxygens (including phenoxy) is 1. The minimum Gasteiger partial charge on any atom is -0.378 e. The first-order valence-electron chi connectivity index (χ1n) is 9.72. The number of anilines is 2. The van der Waals surface area contributed by atoms with Gasteiger partial charge in [-0.1, -0.05) is 30.3 Å². The average molecular weight is 383 g/mol. The molecule has 1 aliphatic heterocycles. The number of urea groups is 1. The molecule has 1 saturated heterocycles. The van der Waals surface area contributed by atoms with E-state index < -0.39 is 0 Å². The topological polar surface area (TPSA) is 56.8 Å². The first kappa shape index (κ1) is 20.2. The lowest BCUT2D eigenvalue weighted by Crippen LogP contribution is -2.47. The van der Waals surface area contributed by atoms with E-state index >= 15 is 0 Å². The second-order valence-corrected chi connectivity index (χ2v) is 7.44. The highest BCUT2D eigenvalue weighted by Crippen LogP contribution is 2.21. The molecule has 1 unspecified atom stereocenters. The van der Waals surface area contributed by atoms with Gasteiger partial charge in [-0.2, -0.15) is 0 Å². The molecule has 1 aliphatic rings. The van der Waals surface area contributed by atoms with Crippen LogP contribution >= 0.6 is 0 Å². The van der Waals surface area contributed by atoms with E-state index in [-0.39, 0.29) is 12.1 Å². The summed E-state index contributed by atoms with van der Waals surface area (Å²) in [6.45, 7) is 5.80. The number of aryl methyl sites for hydroxylation is 1. The first-order valence-corrected chi connectivity index (χ1v) is 9.72. The maximum atomic E-state index is 12.3. The van der Waals surface area contributed by atoms with Crippen LogP contribution in [0.25, 0.3) is 0 Å². The molecule has 3 rings (SSSR count). The molecular formula is C22H30N4O2. The van der Waals surface area contributed by atoms with Crippen LogP contribution in [0.1, 0.15) is 11.1 Å². The summed E-state index contributed by atoms with van der Waals surface area (Å²) in [4.78, 5) is 16.7. The number of hydrogen-bond acceptors (Lipinski definition) is 4. The molecule has 6 heteroatoms. The van der Waals surface area contributed by atoms with Gasteiger partial charge in [0.2, 0.25) is 0 Å². The number of morpholine rings is 1. The van der Waals surface area contributed by atoms with Gasteiger partial charge in [0.25, 0.3) is 0 Å². The van der Waals surface area contributed by atoms with Gasteiger partial charge in [-0.15, -0.1) is 0 Å². The Morgan fingerprint density at radius 2 is 2.00 bits per heavy atom.